The Morgan fingerprint density at radius 2 is 1.67 bits per heavy atom. The molecule has 0 radical (unpaired) electrons. The molecule has 216 valence electrons. The molecule has 4 aromatic rings. The highest BCUT2D eigenvalue weighted by Gasteiger charge is 2.44. The molecule has 0 unspecified atom stereocenters. The number of hydrogen-bond donors (Lipinski definition) is 0. The summed E-state index contributed by atoms with van der Waals surface area (Å²) in [7, 11) is 1.95. The van der Waals surface area contributed by atoms with Crippen molar-refractivity contribution in [2.75, 3.05) is 24.5 Å². The Morgan fingerprint density at radius 1 is 0.976 bits per heavy atom. The summed E-state index contributed by atoms with van der Waals surface area (Å²) >= 11 is 0. The third-order valence-corrected chi connectivity index (χ3v) is 8.42. The zero-order valence-corrected chi connectivity index (χ0v) is 24.2. The molecule has 9 nitrogen and oxygen atoms in total. The summed E-state index contributed by atoms with van der Waals surface area (Å²) in [4.78, 5) is 49.2. The standard InChI is InChI=1S/C33H35N5O4/c1-22-9-14-28-29(19-22)35(3)32(34-28)30(20-24-15-17-36(18-16-24)23(2)39)38-31(40)21-37(33(38)41)25-10-12-27(13-11-25)42-26-7-5-4-6-8-26/h4-14,19,24,30H,15-18,20-21H2,1-3H3/t30-/m0/s1. The quantitative estimate of drug-likeness (QED) is 0.263. The van der Waals surface area contributed by atoms with Gasteiger partial charge in [-0.3, -0.25) is 19.4 Å². The number of ether oxygens (including phenoxy) is 1. The molecule has 2 aliphatic rings. The monoisotopic (exact) mass is 565 g/mol. The molecule has 9 heteroatoms. The molecule has 0 bridgehead atoms. The zero-order valence-electron chi connectivity index (χ0n) is 24.2. The first-order valence-electron chi connectivity index (χ1n) is 14.4. The molecule has 42 heavy (non-hydrogen) atoms. The maximum Gasteiger partial charge on any atom is 0.332 e. The van der Waals surface area contributed by atoms with Gasteiger partial charge < -0.3 is 14.2 Å². The Morgan fingerprint density at radius 3 is 2.36 bits per heavy atom. The summed E-state index contributed by atoms with van der Waals surface area (Å²) in [6, 6.07) is 21.9. The second kappa shape index (κ2) is 11.3. The van der Waals surface area contributed by atoms with Gasteiger partial charge in [-0.1, -0.05) is 24.3 Å². The molecule has 0 N–H and O–H groups in total. The van der Waals surface area contributed by atoms with Crippen molar-refractivity contribution < 1.29 is 19.1 Å². The fourth-order valence-corrected chi connectivity index (χ4v) is 6.09. The van der Waals surface area contributed by atoms with Gasteiger partial charge in [-0.05, 0) is 86.2 Å². The summed E-state index contributed by atoms with van der Waals surface area (Å²) in [6.45, 7) is 4.95. The van der Waals surface area contributed by atoms with E-state index in [1.54, 1.807) is 31.2 Å². The second-order valence-electron chi connectivity index (χ2n) is 11.3. The number of nitrogens with zero attached hydrogens (tertiary/aromatic N) is 5. The Balaban J connectivity index is 1.28. The van der Waals surface area contributed by atoms with Crippen molar-refractivity contribution in [3.05, 3.63) is 84.2 Å². The molecule has 6 rings (SSSR count). The number of aryl methyl sites for hydroxylation is 2. The van der Waals surface area contributed by atoms with Crippen molar-refractivity contribution in [3.8, 4) is 11.5 Å². The smallest absolute Gasteiger partial charge is 0.332 e. The van der Waals surface area contributed by atoms with Crippen LogP contribution >= 0.6 is 0 Å². The van der Waals surface area contributed by atoms with Crippen molar-refractivity contribution in [3.63, 3.8) is 0 Å². The minimum Gasteiger partial charge on any atom is -0.457 e. The van der Waals surface area contributed by atoms with Crippen LogP contribution in [-0.2, 0) is 16.6 Å². The number of piperidine rings is 1. The normalized spacial score (nSPS) is 16.9. The number of anilines is 1. The van der Waals surface area contributed by atoms with Crippen LogP contribution in [0.15, 0.2) is 72.8 Å². The van der Waals surface area contributed by atoms with Gasteiger partial charge in [0.1, 0.15) is 23.9 Å². The highest BCUT2D eigenvalue weighted by Crippen LogP contribution is 2.37. The highest BCUT2D eigenvalue weighted by molar-refractivity contribution is 6.12. The Kier molecular flexibility index (Phi) is 7.41. The lowest BCUT2D eigenvalue weighted by Gasteiger charge is -2.35. The number of urea groups is 1. The van der Waals surface area contributed by atoms with Crippen molar-refractivity contribution in [2.24, 2.45) is 13.0 Å². The highest BCUT2D eigenvalue weighted by atomic mass is 16.5. The third-order valence-electron chi connectivity index (χ3n) is 8.42. The number of hydrogen-bond acceptors (Lipinski definition) is 5. The van der Waals surface area contributed by atoms with Crippen LogP contribution < -0.4 is 9.64 Å². The third kappa shape index (κ3) is 5.34. The molecule has 3 aromatic carbocycles. The van der Waals surface area contributed by atoms with Gasteiger partial charge in [0.05, 0.1) is 17.1 Å². The Bertz CT molecular complexity index is 1620. The van der Waals surface area contributed by atoms with E-state index in [-0.39, 0.29) is 30.3 Å². The molecule has 1 atom stereocenters. The van der Waals surface area contributed by atoms with E-state index in [0.717, 1.165) is 35.2 Å². The van der Waals surface area contributed by atoms with Gasteiger partial charge in [0.25, 0.3) is 5.91 Å². The Labute approximate surface area is 245 Å². The van der Waals surface area contributed by atoms with Crippen LogP contribution in [-0.4, -0.2) is 56.8 Å². The molecule has 2 aliphatic heterocycles. The molecular formula is C33H35N5O4. The van der Waals surface area contributed by atoms with Crippen LogP contribution in [0.3, 0.4) is 0 Å². The second-order valence-corrected chi connectivity index (χ2v) is 11.3. The minimum absolute atomic E-state index is 0.0416. The van der Waals surface area contributed by atoms with Crippen LogP contribution in [0, 0.1) is 12.8 Å². The number of carbonyl (C=O) groups excluding carboxylic acids is 3. The molecule has 2 saturated heterocycles. The van der Waals surface area contributed by atoms with Crippen molar-refractivity contribution in [1.29, 1.82) is 0 Å². The number of amides is 4. The van der Waals surface area contributed by atoms with Crippen LogP contribution in [0.4, 0.5) is 10.5 Å². The topological polar surface area (TPSA) is 88.0 Å². The largest absolute Gasteiger partial charge is 0.457 e. The summed E-state index contributed by atoms with van der Waals surface area (Å²) in [5.74, 6) is 2.13. The van der Waals surface area contributed by atoms with Gasteiger partial charge in [0, 0.05) is 32.7 Å². The fourth-order valence-electron chi connectivity index (χ4n) is 6.09. The van der Waals surface area contributed by atoms with Crippen molar-refractivity contribution >= 4 is 34.6 Å². The van der Waals surface area contributed by atoms with Gasteiger partial charge in [0.15, 0.2) is 0 Å². The summed E-state index contributed by atoms with van der Waals surface area (Å²) in [5.41, 5.74) is 3.54. The van der Waals surface area contributed by atoms with Crippen LogP contribution in [0.1, 0.15) is 43.6 Å². The number of benzene rings is 3. The lowest BCUT2D eigenvalue weighted by Crippen LogP contribution is -2.41. The first-order valence-corrected chi connectivity index (χ1v) is 14.4. The summed E-state index contributed by atoms with van der Waals surface area (Å²) < 4.78 is 7.91. The average molecular weight is 566 g/mol. The first-order chi connectivity index (χ1) is 20.3. The van der Waals surface area contributed by atoms with E-state index in [9.17, 15) is 14.4 Å². The summed E-state index contributed by atoms with van der Waals surface area (Å²) in [6.07, 6.45) is 2.24. The molecule has 0 aliphatic carbocycles. The Hall–Kier alpha value is -4.66. The molecule has 1 aromatic heterocycles. The van der Waals surface area contributed by atoms with E-state index >= 15 is 0 Å². The molecular weight excluding hydrogens is 530 g/mol. The van der Waals surface area contributed by atoms with Gasteiger partial charge >= 0.3 is 6.03 Å². The molecule has 0 spiro atoms. The molecule has 0 saturated carbocycles. The number of likely N-dealkylation sites (tertiary alicyclic amines) is 1. The lowest BCUT2D eigenvalue weighted by molar-refractivity contribution is -0.130. The number of imidazole rings is 1. The van der Waals surface area contributed by atoms with E-state index in [1.165, 1.54) is 9.80 Å². The van der Waals surface area contributed by atoms with Gasteiger partial charge in [-0.25, -0.2) is 9.78 Å². The van der Waals surface area contributed by atoms with Gasteiger partial charge in [0.2, 0.25) is 5.91 Å². The fraction of sp³-hybridized carbons (Fsp3) is 0.333. The van der Waals surface area contributed by atoms with E-state index in [0.29, 0.717) is 36.8 Å². The first kappa shape index (κ1) is 27.5. The number of fused-ring (bicyclic) bond motifs is 1. The van der Waals surface area contributed by atoms with Crippen LogP contribution in [0.5, 0.6) is 11.5 Å². The van der Waals surface area contributed by atoms with Crippen molar-refractivity contribution in [2.45, 2.75) is 39.2 Å². The van der Waals surface area contributed by atoms with Gasteiger partial charge in [-0.15, -0.1) is 0 Å². The van der Waals surface area contributed by atoms with Crippen LogP contribution in [0.2, 0.25) is 0 Å². The van der Waals surface area contributed by atoms with Crippen molar-refractivity contribution in [1.82, 2.24) is 19.4 Å². The van der Waals surface area contributed by atoms with E-state index < -0.39 is 6.04 Å². The zero-order chi connectivity index (χ0) is 29.4. The van der Waals surface area contributed by atoms with E-state index in [4.69, 9.17) is 9.72 Å². The number of para-hydroxylation sites is 1. The number of imide groups is 1. The number of rotatable bonds is 7. The lowest BCUT2D eigenvalue weighted by atomic mass is 9.89. The predicted octanol–water partition coefficient (Wildman–Crippen LogP) is 5.83. The average Bonchev–Trinajstić information content (AvgIpc) is 3.47. The minimum atomic E-state index is -0.526. The predicted molar refractivity (Wildman–Crippen MR) is 160 cm³/mol. The summed E-state index contributed by atoms with van der Waals surface area (Å²) in [5, 5.41) is 0. The van der Waals surface area contributed by atoms with Crippen LogP contribution in [0.25, 0.3) is 11.0 Å². The van der Waals surface area contributed by atoms with E-state index in [1.807, 2.05) is 65.9 Å². The SMILES string of the molecule is CC(=O)N1CCC(C[C@@H](c2nc3ccc(C)cc3n2C)N2C(=O)CN(c3ccc(Oc4ccccc4)cc3)C2=O)CC1. The molecule has 2 fully saturated rings. The maximum absolute atomic E-state index is 14.0. The van der Waals surface area contributed by atoms with E-state index in [2.05, 4.69) is 6.07 Å². The maximum atomic E-state index is 14.0. The molecule has 4 amide bonds. The number of carbonyl (C=O) groups is 3. The number of aromatic nitrogens is 2. The van der Waals surface area contributed by atoms with Gasteiger partial charge in [-0.2, -0.15) is 0 Å². The molecule has 3 heterocycles.